The minimum absolute atomic E-state index is 0.204. The quantitative estimate of drug-likeness (QED) is 0.732. The molecule has 0 unspecified atom stereocenters. The summed E-state index contributed by atoms with van der Waals surface area (Å²) in [6.45, 7) is 6.70. The minimum Gasteiger partial charge on any atom is -0.399 e. The van der Waals surface area contributed by atoms with Crippen molar-refractivity contribution >= 4 is 33.0 Å². The number of thiophene rings is 1. The molecule has 0 saturated heterocycles. The Morgan fingerprint density at radius 2 is 1.82 bits per heavy atom. The maximum atomic E-state index is 5.84. The average Bonchev–Trinajstić information content (AvgIpc) is 2.70. The van der Waals surface area contributed by atoms with Crippen LogP contribution < -0.4 is 5.73 Å². The van der Waals surface area contributed by atoms with Gasteiger partial charge in [0.1, 0.15) is 0 Å². The second-order valence-corrected chi connectivity index (χ2v) is 7.09. The molecule has 0 aliphatic carbocycles. The van der Waals surface area contributed by atoms with E-state index in [2.05, 4.69) is 48.8 Å². The van der Waals surface area contributed by atoms with Gasteiger partial charge >= 0.3 is 0 Å². The standard InChI is InChI=1S/C14H16BrNS/c1-14(2,3)13-7-6-12(17-13)10-8-9(16)4-5-11(10)15/h4-8H,16H2,1-3H3. The van der Waals surface area contributed by atoms with Crippen LogP contribution in [0.3, 0.4) is 0 Å². The van der Waals surface area contributed by atoms with Crippen LogP contribution in [-0.2, 0) is 5.41 Å². The van der Waals surface area contributed by atoms with Gasteiger partial charge in [0.05, 0.1) is 0 Å². The van der Waals surface area contributed by atoms with E-state index in [9.17, 15) is 0 Å². The third-order valence-electron chi connectivity index (χ3n) is 2.60. The van der Waals surface area contributed by atoms with Crippen molar-refractivity contribution in [1.29, 1.82) is 0 Å². The first-order valence-corrected chi connectivity index (χ1v) is 7.14. The van der Waals surface area contributed by atoms with Crippen LogP contribution in [0.2, 0.25) is 0 Å². The van der Waals surface area contributed by atoms with Crippen LogP contribution in [0, 0.1) is 0 Å². The van der Waals surface area contributed by atoms with Gasteiger partial charge in [-0.25, -0.2) is 0 Å². The number of hydrogen-bond donors (Lipinski definition) is 1. The second kappa shape index (κ2) is 4.46. The Kier molecular flexibility index (Phi) is 3.32. The zero-order valence-corrected chi connectivity index (χ0v) is 12.7. The number of nitrogen functional groups attached to an aromatic ring is 1. The fraction of sp³-hybridized carbons (Fsp3) is 0.286. The van der Waals surface area contributed by atoms with Crippen LogP contribution in [0.15, 0.2) is 34.8 Å². The van der Waals surface area contributed by atoms with Crippen LogP contribution in [0.5, 0.6) is 0 Å². The van der Waals surface area contributed by atoms with Crippen LogP contribution in [-0.4, -0.2) is 0 Å². The molecular formula is C14H16BrNS. The van der Waals surface area contributed by atoms with E-state index in [1.165, 1.54) is 15.3 Å². The number of nitrogens with two attached hydrogens (primary N) is 1. The smallest absolute Gasteiger partial charge is 0.0357 e. The van der Waals surface area contributed by atoms with Crippen LogP contribution >= 0.6 is 27.3 Å². The second-order valence-electron chi connectivity index (χ2n) is 5.15. The average molecular weight is 310 g/mol. The Morgan fingerprint density at radius 3 is 2.41 bits per heavy atom. The first-order valence-electron chi connectivity index (χ1n) is 5.53. The molecule has 0 radical (unpaired) electrons. The predicted octanol–water partition coefficient (Wildman–Crippen LogP) is 5.06. The summed E-state index contributed by atoms with van der Waals surface area (Å²) in [4.78, 5) is 2.65. The zero-order valence-electron chi connectivity index (χ0n) is 10.3. The van der Waals surface area contributed by atoms with Gasteiger partial charge in [-0.1, -0.05) is 36.7 Å². The van der Waals surface area contributed by atoms with Gasteiger partial charge in [-0.15, -0.1) is 11.3 Å². The van der Waals surface area contributed by atoms with E-state index in [0.29, 0.717) is 0 Å². The van der Waals surface area contributed by atoms with Gasteiger partial charge in [0, 0.05) is 25.5 Å². The topological polar surface area (TPSA) is 26.0 Å². The highest BCUT2D eigenvalue weighted by atomic mass is 79.9. The number of anilines is 1. The molecule has 0 atom stereocenters. The summed E-state index contributed by atoms with van der Waals surface area (Å²) in [6, 6.07) is 10.3. The Bertz CT molecular complexity index is 537. The van der Waals surface area contributed by atoms with Gasteiger partial charge in [-0.2, -0.15) is 0 Å². The number of halogens is 1. The number of benzene rings is 1. The minimum atomic E-state index is 0.204. The van der Waals surface area contributed by atoms with E-state index in [-0.39, 0.29) is 5.41 Å². The van der Waals surface area contributed by atoms with Crippen molar-refractivity contribution in [2.24, 2.45) is 0 Å². The van der Waals surface area contributed by atoms with Crippen molar-refractivity contribution in [2.45, 2.75) is 26.2 Å². The maximum absolute atomic E-state index is 5.84. The summed E-state index contributed by atoms with van der Waals surface area (Å²) in [7, 11) is 0. The summed E-state index contributed by atoms with van der Waals surface area (Å²) < 4.78 is 1.09. The van der Waals surface area contributed by atoms with Gasteiger partial charge in [0.15, 0.2) is 0 Å². The van der Waals surface area contributed by atoms with Crippen molar-refractivity contribution in [3.05, 3.63) is 39.7 Å². The summed E-state index contributed by atoms with van der Waals surface area (Å²) in [5.41, 5.74) is 8.02. The summed E-state index contributed by atoms with van der Waals surface area (Å²) in [5.74, 6) is 0. The highest BCUT2D eigenvalue weighted by Gasteiger charge is 2.17. The lowest BCUT2D eigenvalue weighted by molar-refractivity contribution is 0.604. The molecule has 3 heteroatoms. The molecule has 0 bridgehead atoms. The number of hydrogen-bond acceptors (Lipinski definition) is 2. The molecule has 0 spiro atoms. The van der Waals surface area contributed by atoms with Crippen molar-refractivity contribution in [3.63, 3.8) is 0 Å². The maximum Gasteiger partial charge on any atom is 0.0357 e. The summed E-state index contributed by atoms with van der Waals surface area (Å²) in [5, 5.41) is 0. The molecule has 0 fully saturated rings. The Morgan fingerprint density at radius 1 is 1.12 bits per heavy atom. The van der Waals surface area contributed by atoms with Crippen LogP contribution in [0.1, 0.15) is 25.6 Å². The van der Waals surface area contributed by atoms with Crippen molar-refractivity contribution < 1.29 is 0 Å². The summed E-state index contributed by atoms with van der Waals surface area (Å²) >= 11 is 5.41. The molecule has 0 aliphatic rings. The van der Waals surface area contributed by atoms with E-state index >= 15 is 0 Å². The Labute approximate surface area is 115 Å². The molecule has 0 amide bonds. The lowest BCUT2D eigenvalue weighted by atomic mass is 9.95. The number of rotatable bonds is 1. The first-order chi connectivity index (χ1) is 7.88. The molecule has 1 aromatic carbocycles. The molecule has 90 valence electrons. The highest BCUT2D eigenvalue weighted by Crippen LogP contribution is 2.38. The third kappa shape index (κ3) is 2.72. The molecule has 0 aliphatic heterocycles. The zero-order chi connectivity index (χ0) is 12.6. The molecule has 2 aromatic rings. The lowest BCUT2D eigenvalue weighted by Gasteiger charge is -2.15. The normalized spacial score (nSPS) is 11.8. The van der Waals surface area contributed by atoms with Gasteiger partial charge in [-0.3, -0.25) is 0 Å². The van der Waals surface area contributed by atoms with Crippen molar-refractivity contribution in [2.75, 3.05) is 5.73 Å². The monoisotopic (exact) mass is 309 g/mol. The fourth-order valence-electron chi connectivity index (χ4n) is 1.62. The van der Waals surface area contributed by atoms with Crippen molar-refractivity contribution in [3.8, 4) is 10.4 Å². The van der Waals surface area contributed by atoms with E-state index < -0.39 is 0 Å². The van der Waals surface area contributed by atoms with E-state index in [0.717, 1.165) is 10.2 Å². The van der Waals surface area contributed by atoms with Gasteiger partial charge in [0.2, 0.25) is 0 Å². The first kappa shape index (κ1) is 12.7. The molecule has 1 aromatic heterocycles. The lowest BCUT2D eigenvalue weighted by Crippen LogP contribution is -2.07. The predicted molar refractivity (Wildman–Crippen MR) is 80.6 cm³/mol. The van der Waals surface area contributed by atoms with Crippen LogP contribution in [0.4, 0.5) is 5.69 Å². The molecule has 17 heavy (non-hydrogen) atoms. The van der Waals surface area contributed by atoms with Gasteiger partial charge in [0.25, 0.3) is 0 Å². The molecule has 1 heterocycles. The van der Waals surface area contributed by atoms with E-state index in [4.69, 9.17) is 5.73 Å². The SMILES string of the molecule is CC(C)(C)c1ccc(-c2cc(N)ccc2Br)s1. The molecule has 1 nitrogen and oxygen atoms in total. The Balaban J connectivity index is 2.47. The van der Waals surface area contributed by atoms with Gasteiger partial charge in [-0.05, 0) is 35.7 Å². The summed E-state index contributed by atoms with van der Waals surface area (Å²) in [6.07, 6.45) is 0. The van der Waals surface area contributed by atoms with Gasteiger partial charge < -0.3 is 5.73 Å². The van der Waals surface area contributed by atoms with Crippen molar-refractivity contribution in [1.82, 2.24) is 0 Å². The molecule has 0 saturated carbocycles. The fourth-order valence-corrected chi connectivity index (χ4v) is 3.30. The molecule has 2 N–H and O–H groups in total. The van der Waals surface area contributed by atoms with E-state index in [1.54, 1.807) is 0 Å². The molecule has 2 rings (SSSR count). The third-order valence-corrected chi connectivity index (χ3v) is 4.84. The van der Waals surface area contributed by atoms with Crippen LogP contribution in [0.25, 0.3) is 10.4 Å². The van der Waals surface area contributed by atoms with E-state index in [1.807, 2.05) is 29.5 Å². The highest BCUT2D eigenvalue weighted by molar-refractivity contribution is 9.10. The Hall–Kier alpha value is -0.800. The largest absolute Gasteiger partial charge is 0.399 e. The molecular weight excluding hydrogens is 294 g/mol.